The maximum Gasteiger partial charge on any atom is 0.135 e. The Kier molecular flexibility index (Phi) is 5.87. The van der Waals surface area contributed by atoms with Crippen LogP contribution in [0.5, 0.6) is 17.2 Å². The highest BCUT2D eigenvalue weighted by atomic mass is 16.5. The standard InChI is InChI=1S/C26H24O4/c1-28-21-14-23(29-2)26(24(15-21)30-17-18-8-4-3-5-9-18)25-20(16-27)13-12-19-10-6-7-11-22(19)25/h3-15,27H,16-17H2,1-2H3. The van der Waals surface area contributed by atoms with E-state index in [4.69, 9.17) is 14.2 Å². The van der Waals surface area contributed by atoms with Gasteiger partial charge in [-0.2, -0.15) is 0 Å². The van der Waals surface area contributed by atoms with Gasteiger partial charge in [-0.05, 0) is 21.9 Å². The van der Waals surface area contributed by atoms with Crippen molar-refractivity contribution in [3.05, 3.63) is 90.0 Å². The third-order valence-corrected chi connectivity index (χ3v) is 5.17. The van der Waals surface area contributed by atoms with Gasteiger partial charge in [-0.3, -0.25) is 0 Å². The molecule has 0 atom stereocenters. The summed E-state index contributed by atoms with van der Waals surface area (Å²) < 4.78 is 17.5. The average Bonchev–Trinajstić information content (AvgIpc) is 2.82. The smallest absolute Gasteiger partial charge is 0.135 e. The number of hydrogen-bond acceptors (Lipinski definition) is 4. The van der Waals surface area contributed by atoms with Gasteiger partial charge in [-0.25, -0.2) is 0 Å². The number of ether oxygens (including phenoxy) is 3. The van der Waals surface area contributed by atoms with Gasteiger partial charge in [0.25, 0.3) is 0 Å². The fraction of sp³-hybridized carbons (Fsp3) is 0.154. The van der Waals surface area contributed by atoms with E-state index in [-0.39, 0.29) is 6.61 Å². The maximum atomic E-state index is 10.1. The molecule has 0 amide bonds. The summed E-state index contributed by atoms with van der Waals surface area (Å²) in [5.41, 5.74) is 3.57. The van der Waals surface area contributed by atoms with Gasteiger partial charge in [-0.1, -0.05) is 66.7 Å². The van der Waals surface area contributed by atoms with Crippen molar-refractivity contribution in [3.63, 3.8) is 0 Å². The lowest BCUT2D eigenvalue weighted by Crippen LogP contribution is -2.02. The van der Waals surface area contributed by atoms with Gasteiger partial charge in [0, 0.05) is 17.7 Å². The largest absolute Gasteiger partial charge is 0.496 e. The van der Waals surface area contributed by atoms with Gasteiger partial charge in [0.1, 0.15) is 23.9 Å². The lowest BCUT2D eigenvalue weighted by molar-refractivity contribution is 0.282. The molecule has 0 saturated carbocycles. The Hall–Kier alpha value is -3.50. The van der Waals surface area contributed by atoms with Crippen molar-refractivity contribution in [2.75, 3.05) is 14.2 Å². The van der Waals surface area contributed by atoms with E-state index in [0.717, 1.165) is 33.0 Å². The molecule has 0 fully saturated rings. The van der Waals surface area contributed by atoms with Crippen LogP contribution in [0.25, 0.3) is 21.9 Å². The second kappa shape index (κ2) is 8.89. The molecular weight excluding hydrogens is 376 g/mol. The molecule has 0 bridgehead atoms. The summed E-state index contributed by atoms with van der Waals surface area (Å²) in [6.07, 6.45) is 0. The van der Waals surface area contributed by atoms with E-state index >= 15 is 0 Å². The number of fused-ring (bicyclic) bond motifs is 1. The Morgan fingerprint density at radius 3 is 2.20 bits per heavy atom. The summed E-state index contributed by atoms with van der Waals surface area (Å²) in [5.74, 6) is 1.91. The minimum atomic E-state index is -0.0898. The van der Waals surface area contributed by atoms with Gasteiger partial charge in [0.2, 0.25) is 0 Å². The summed E-state index contributed by atoms with van der Waals surface area (Å²) in [7, 11) is 3.25. The first-order valence-corrected chi connectivity index (χ1v) is 9.79. The lowest BCUT2D eigenvalue weighted by Gasteiger charge is -2.20. The average molecular weight is 400 g/mol. The third kappa shape index (κ3) is 3.82. The van der Waals surface area contributed by atoms with Gasteiger partial charge >= 0.3 is 0 Å². The molecule has 0 radical (unpaired) electrons. The molecule has 0 heterocycles. The molecule has 0 aliphatic carbocycles. The zero-order valence-electron chi connectivity index (χ0n) is 17.1. The highest BCUT2D eigenvalue weighted by molar-refractivity contribution is 6.01. The van der Waals surface area contributed by atoms with Gasteiger partial charge in [0.15, 0.2) is 0 Å². The van der Waals surface area contributed by atoms with Crippen LogP contribution < -0.4 is 14.2 Å². The van der Waals surface area contributed by atoms with Crippen LogP contribution >= 0.6 is 0 Å². The summed E-state index contributed by atoms with van der Waals surface area (Å²) in [6, 6.07) is 25.8. The van der Waals surface area contributed by atoms with Crippen LogP contribution in [0.3, 0.4) is 0 Å². The number of methoxy groups -OCH3 is 2. The molecule has 4 nitrogen and oxygen atoms in total. The second-order valence-electron chi connectivity index (χ2n) is 6.96. The molecule has 0 aromatic heterocycles. The van der Waals surface area contributed by atoms with E-state index in [1.54, 1.807) is 14.2 Å². The normalized spacial score (nSPS) is 10.8. The van der Waals surface area contributed by atoms with E-state index in [2.05, 4.69) is 12.1 Å². The molecular formula is C26H24O4. The summed E-state index contributed by atoms with van der Waals surface area (Å²) >= 11 is 0. The zero-order valence-corrected chi connectivity index (χ0v) is 17.1. The Morgan fingerprint density at radius 1 is 0.733 bits per heavy atom. The molecule has 4 aromatic carbocycles. The first-order chi connectivity index (χ1) is 14.7. The minimum Gasteiger partial charge on any atom is -0.496 e. The lowest BCUT2D eigenvalue weighted by atomic mass is 9.92. The van der Waals surface area contributed by atoms with Gasteiger partial charge in [-0.15, -0.1) is 0 Å². The quantitative estimate of drug-likeness (QED) is 0.439. The van der Waals surface area contributed by atoms with Crippen molar-refractivity contribution >= 4 is 10.8 Å². The van der Waals surface area contributed by atoms with Crippen molar-refractivity contribution in [2.24, 2.45) is 0 Å². The summed E-state index contributed by atoms with van der Waals surface area (Å²) in [5, 5.41) is 12.2. The van der Waals surface area contributed by atoms with Crippen LogP contribution in [-0.4, -0.2) is 19.3 Å². The molecule has 1 N–H and O–H groups in total. The molecule has 30 heavy (non-hydrogen) atoms. The number of benzene rings is 4. The second-order valence-corrected chi connectivity index (χ2v) is 6.96. The Bertz CT molecular complexity index is 1150. The first-order valence-electron chi connectivity index (χ1n) is 9.79. The van der Waals surface area contributed by atoms with E-state index in [0.29, 0.717) is 23.9 Å². The summed E-state index contributed by atoms with van der Waals surface area (Å²) in [4.78, 5) is 0. The SMILES string of the molecule is COc1cc(OC)c(-c2c(CO)ccc3ccccc23)c(OCc2ccccc2)c1. The first kappa shape index (κ1) is 19.8. The monoisotopic (exact) mass is 400 g/mol. The van der Waals surface area contributed by atoms with Crippen molar-refractivity contribution in [1.82, 2.24) is 0 Å². The molecule has 0 aliphatic rings. The summed E-state index contributed by atoms with van der Waals surface area (Å²) in [6.45, 7) is 0.316. The van der Waals surface area contributed by atoms with Crippen LogP contribution in [-0.2, 0) is 13.2 Å². The Balaban J connectivity index is 1.94. The van der Waals surface area contributed by atoms with Crippen molar-refractivity contribution in [2.45, 2.75) is 13.2 Å². The molecule has 152 valence electrons. The fourth-order valence-electron chi connectivity index (χ4n) is 3.68. The number of rotatable bonds is 7. The molecule has 0 spiro atoms. The number of aliphatic hydroxyl groups excluding tert-OH is 1. The van der Waals surface area contributed by atoms with Crippen LogP contribution in [0.4, 0.5) is 0 Å². The molecule has 0 saturated heterocycles. The molecule has 4 rings (SSSR count). The van der Waals surface area contributed by atoms with Gasteiger partial charge in [0.05, 0.1) is 26.4 Å². The molecule has 0 unspecified atom stereocenters. The van der Waals surface area contributed by atoms with Crippen LogP contribution in [0.1, 0.15) is 11.1 Å². The van der Waals surface area contributed by atoms with Crippen LogP contribution in [0.2, 0.25) is 0 Å². The minimum absolute atomic E-state index is 0.0898. The third-order valence-electron chi connectivity index (χ3n) is 5.17. The Labute approximate surface area is 176 Å². The predicted molar refractivity (Wildman–Crippen MR) is 119 cm³/mol. The molecule has 4 heteroatoms. The number of hydrogen-bond donors (Lipinski definition) is 1. The Morgan fingerprint density at radius 2 is 1.47 bits per heavy atom. The zero-order chi connectivity index (χ0) is 20.9. The maximum absolute atomic E-state index is 10.1. The van der Waals surface area contributed by atoms with E-state index in [9.17, 15) is 5.11 Å². The highest BCUT2D eigenvalue weighted by Gasteiger charge is 2.21. The van der Waals surface area contributed by atoms with Gasteiger partial charge < -0.3 is 19.3 Å². The van der Waals surface area contributed by atoms with E-state index < -0.39 is 0 Å². The van der Waals surface area contributed by atoms with Crippen LogP contribution in [0.15, 0.2) is 78.9 Å². The van der Waals surface area contributed by atoms with Crippen molar-refractivity contribution in [3.8, 4) is 28.4 Å². The molecule has 0 aliphatic heterocycles. The highest BCUT2D eigenvalue weighted by Crippen LogP contribution is 2.46. The molecule has 4 aromatic rings. The van der Waals surface area contributed by atoms with Crippen LogP contribution in [0, 0.1) is 0 Å². The van der Waals surface area contributed by atoms with E-state index in [1.165, 1.54) is 0 Å². The number of aliphatic hydroxyl groups is 1. The fourth-order valence-corrected chi connectivity index (χ4v) is 3.68. The predicted octanol–water partition coefficient (Wildman–Crippen LogP) is 5.60. The van der Waals surface area contributed by atoms with Crippen molar-refractivity contribution < 1.29 is 19.3 Å². The van der Waals surface area contributed by atoms with Crippen molar-refractivity contribution in [1.29, 1.82) is 0 Å². The van der Waals surface area contributed by atoms with E-state index in [1.807, 2.05) is 66.7 Å². The topological polar surface area (TPSA) is 47.9 Å².